The monoisotopic (exact) mass is 472 g/mol. The molecule has 0 spiro atoms. The minimum absolute atomic E-state index is 0.114. The van der Waals surface area contributed by atoms with Crippen LogP contribution in [0.5, 0.6) is 5.75 Å². The zero-order valence-corrected chi connectivity index (χ0v) is 18.7. The van der Waals surface area contributed by atoms with Crippen LogP contribution in [0.2, 0.25) is 0 Å². The highest BCUT2D eigenvalue weighted by Gasteiger charge is 2.41. The Kier molecular flexibility index (Phi) is 7.83. The fourth-order valence-electron chi connectivity index (χ4n) is 2.93. The number of hydrogen-bond acceptors (Lipinski definition) is 7. The Morgan fingerprint density at radius 3 is 2.55 bits per heavy atom. The fourth-order valence-corrected chi connectivity index (χ4v) is 3.83. The van der Waals surface area contributed by atoms with Gasteiger partial charge in [0.2, 0.25) is 0 Å². The number of ether oxygens (including phenoxy) is 2. The summed E-state index contributed by atoms with van der Waals surface area (Å²) in [6.07, 6.45) is 1.47. The van der Waals surface area contributed by atoms with Gasteiger partial charge in [-0.05, 0) is 62.0 Å². The third kappa shape index (κ3) is 5.98. The second-order valence-electron chi connectivity index (χ2n) is 6.86. The van der Waals surface area contributed by atoms with Crippen LogP contribution in [0.3, 0.4) is 0 Å². The van der Waals surface area contributed by atoms with Gasteiger partial charge in [-0.2, -0.15) is 0 Å². The Hall–Kier alpha value is -3.66. The molecule has 1 fully saturated rings. The van der Waals surface area contributed by atoms with Crippen LogP contribution in [0.25, 0.3) is 6.08 Å². The number of carbonyl (C=O) groups excluding carboxylic acids is 4. The van der Waals surface area contributed by atoms with Crippen molar-refractivity contribution in [2.24, 2.45) is 0 Å². The standard InChI is InChI=1S/C23H21FN2O6S/c1-3-31-22(29)14(2)26-21(28)19(33-23(26)30)12-15-6-4-5-7-18(15)32-13-20(27)25-17-10-8-16(24)9-11-17/h4-12,14H,3,13H2,1-2H3,(H,25,27)/b19-12-/t14-/m1/s1. The van der Waals surface area contributed by atoms with E-state index in [9.17, 15) is 23.6 Å². The average Bonchev–Trinajstić information content (AvgIpc) is 3.07. The van der Waals surface area contributed by atoms with Crippen molar-refractivity contribution in [3.8, 4) is 5.75 Å². The molecule has 10 heteroatoms. The van der Waals surface area contributed by atoms with E-state index in [-0.39, 0.29) is 18.1 Å². The zero-order valence-electron chi connectivity index (χ0n) is 17.9. The van der Waals surface area contributed by atoms with Gasteiger partial charge in [0, 0.05) is 11.3 Å². The topological polar surface area (TPSA) is 102 Å². The molecule has 1 atom stereocenters. The maximum Gasteiger partial charge on any atom is 0.329 e. The van der Waals surface area contributed by atoms with E-state index in [0.717, 1.165) is 4.90 Å². The second-order valence-corrected chi connectivity index (χ2v) is 7.85. The van der Waals surface area contributed by atoms with Crippen LogP contribution in [0.1, 0.15) is 19.4 Å². The number of para-hydroxylation sites is 1. The molecule has 1 aliphatic heterocycles. The molecule has 1 saturated heterocycles. The van der Waals surface area contributed by atoms with E-state index in [4.69, 9.17) is 9.47 Å². The largest absolute Gasteiger partial charge is 0.483 e. The smallest absolute Gasteiger partial charge is 0.329 e. The highest BCUT2D eigenvalue weighted by Crippen LogP contribution is 2.35. The van der Waals surface area contributed by atoms with Crippen molar-refractivity contribution in [1.29, 1.82) is 0 Å². The molecule has 2 aromatic carbocycles. The quantitative estimate of drug-likeness (QED) is 0.460. The lowest BCUT2D eigenvalue weighted by molar-refractivity contribution is -0.150. The van der Waals surface area contributed by atoms with E-state index in [1.54, 1.807) is 31.2 Å². The van der Waals surface area contributed by atoms with E-state index >= 15 is 0 Å². The number of halogens is 1. The number of imide groups is 1. The number of esters is 1. The fraction of sp³-hybridized carbons (Fsp3) is 0.217. The van der Waals surface area contributed by atoms with E-state index in [0.29, 0.717) is 28.8 Å². The van der Waals surface area contributed by atoms with Crippen molar-refractivity contribution in [3.05, 3.63) is 64.8 Å². The van der Waals surface area contributed by atoms with Crippen molar-refractivity contribution < 1.29 is 33.0 Å². The number of nitrogens with one attached hydrogen (secondary N) is 1. The molecule has 1 heterocycles. The van der Waals surface area contributed by atoms with Crippen molar-refractivity contribution in [2.45, 2.75) is 19.9 Å². The van der Waals surface area contributed by atoms with Gasteiger partial charge >= 0.3 is 5.97 Å². The molecule has 0 radical (unpaired) electrons. The number of amides is 3. The Balaban J connectivity index is 1.70. The normalized spacial score (nSPS) is 15.5. The van der Waals surface area contributed by atoms with Crippen molar-refractivity contribution in [1.82, 2.24) is 4.90 Å². The number of thioether (sulfide) groups is 1. The maximum absolute atomic E-state index is 13.0. The molecule has 0 bridgehead atoms. The van der Waals surface area contributed by atoms with Crippen LogP contribution < -0.4 is 10.1 Å². The molecule has 1 aliphatic rings. The van der Waals surface area contributed by atoms with Crippen molar-refractivity contribution in [3.63, 3.8) is 0 Å². The summed E-state index contributed by atoms with van der Waals surface area (Å²) >= 11 is 0.702. The molecule has 33 heavy (non-hydrogen) atoms. The SMILES string of the molecule is CCOC(=O)[C@@H](C)N1C(=O)S/C(=C\c2ccccc2OCC(=O)Nc2ccc(F)cc2)C1=O. The molecule has 172 valence electrons. The summed E-state index contributed by atoms with van der Waals surface area (Å²) in [6, 6.07) is 10.9. The van der Waals surface area contributed by atoms with Crippen LogP contribution in [-0.2, 0) is 19.1 Å². The van der Waals surface area contributed by atoms with Gasteiger partial charge in [-0.3, -0.25) is 19.3 Å². The molecule has 0 aromatic heterocycles. The Labute approximate surface area is 193 Å². The Morgan fingerprint density at radius 2 is 1.85 bits per heavy atom. The highest BCUT2D eigenvalue weighted by molar-refractivity contribution is 8.18. The first-order valence-corrected chi connectivity index (χ1v) is 10.8. The summed E-state index contributed by atoms with van der Waals surface area (Å²) in [5.41, 5.74) is 0.893. The average molecular weight is 472 g/mol. The van der Waals surface area contributed by atoms with Gasteiger partial charge in [0.15, 0.2) is 6.61 Å². The summed E-state index contributed by atoms with van der Waals surface area (Å²) < 4.78 is 23.5. The van der Waals surface area contributed by atoms with Crippen molar-refractivity contribution >= 4 is 46.5 Å². The molecule has 8 nitrogen and oxygen atoms in total. The maximum atomic E-state index is 13.0. The van der Waals surface area contributed by atoms with Crippen molar-refractivity contribution in [2.75, 3.05) is 18.5 Å². The van der Waals surface area contributed by atoms with Crippen LogP contribution in [0, 0.1) is 5.82 Å². The molecule has 2 aromatic rings. The lowest BCUT2D eigenvalue weighted by Gasteiger charge is -2.19. The molecular weight excluding hydrogens is 451 g/mol. The van der Waals surface area contributed by atoms with Gasteiger partial charge in [-0.25, -0.2) is 9.18 Å². The van der Waals surface area contributed by atoms with E-state index in [2.05, 4.69) is 5.32 Å². The number of nitrogens with zero attached hydrogens (tertiary/aromatic N) is 1. The molecule has 0 unspecified atom stereocenters. The van der Waals surface area contributed by atoms with E-state index in [1.165, 1.54) is 37.3 Å². The summed E-state index contributed by atoms with van der Waals surface area (Å²) in [7, 11) is 0. The molecule has 3 amide bonds. The van der Waals surface area contributed by atoms with Crippen LogP contribution in [-0.4, -0.2) is 47.2 Å². The van der Waals surface area contributed by atoms with Crippen LogP contribution in [0.4, 0.5) is 14.9 Å². The number of carbonyl (C=O) groups is 4. The van der Waals surface area contributed by atoms with Gasteiger partial charge in [-0.15, -0.1) is 0 Å². The molecule has 0 aliphatic carbocycles. The van der Waals surface area contributed by atoms with Gasteiger partial charge in [0.05, 0.1) is 11.5 Å². The minimum atomic E-state index is -1.05. The first-order chi connectivity index (χ1) is 15.8. The van der Waals surface area contributed by atoms with Gasteiger partial charge in [0.25, 0.3) is 17.1 Å². The Morgan fingerprint density at radius 1 is 1.15 bits per heavy atom. The second kappa shape index (κ2) is 10.8. The zero-order chi connectivity index (χ0) is 24.0. The summed E-state index contributed by atoms with van der Waals surface area (Å²) in [5.74, 6) is -1.84. The highest BCUT2D eigenvalue weighted by atomic mass is 32.2. The third-order valence-corrected chi connectivity index (χ3v) is 5.41. The molecule has 0 saturated carbocycles. The molecular formula is C23H21FN2O6S. The van der Waals surface area contributed by atoms with Gasteiger partial charge in [-0.1, -0.05) is 18.2 Å². The van der Waals surface area contributed by atoms with Gasteiger partial charge < -0.3 is 14.8 Å². The number of rotatable bonds is 8. The van der Waals surface area contributed by atoms with E-state index < -0.39 is 34.9 Å². The van der Waals surface area contributed by atoms with Crippen LogP contribution in [0.15, 0.2) is 53.4 Å². The van der Waals surface area contributed by atoms with Crippen LogP contribution >= 0.6 is 11.8 Å². The molecule has 3 rings (SSSR count). The Bertz CT molecular complexity index is 1100. The first kappa shape index (κ1) is 24.0. The summed E-state index contributed by atoms with van der Waals surface area (Å²) in [5, 5.41) is 2.00. The van der Waals surface area contributed by atoms with Gasteiger partial charge in [0.1, 0.15) is 17.6 Å². The minimum Gasteiger partial charge on any atom is -0.483 e. The lowest BCUT2D eigenvalue weighted by Crippen LogP contribution is -2.42. The number of benzene rings is 2. The number of hydrogen-bond donors (Lipinski definition) is 1. The summed E-state index contributed by atoms with van der Waals surface area (Å²) in [6.45, 7) is 2.86. The molecule has 1 N–H and O–H groups in total. The lowest BCUT2D eigenvalue weighted by atomic mass is 10.1. The third-order valence-electron chi connectivity index (χ3n) is 4.53. The van der Waals surface area contributed by atoms with E-state index in [1.807, 2.05) is 0 Å². The first-order valence-electron chi connectivity index (χ1n) is 10.0. The summed E-state index contributed by atoms with van der Waals surface area (Å²) in [4.78, 5) is 50.2. The predicted octanol–water partition coefficient (Wildman–Crippen LogP) is 3.83. The number of anilines is 1. The predicted molar refractivity (Wildman–Crippen MR) is 121 cm³/mol.